The van der Waals surface area contributed by atoms with Crippen molar-refractivity contribution in [3.05, 3.63) is 35.9 Å². The minimum Gasteiger partial charge on any atom is -0.444 e. The molecule has 0 fully saturated rings. The van der Waals surface area contributed by atoms with Crippen molar-refractivity contribution in [3.63, 3.8) is 0 Å². The molecule has 2 amide bonds. The van der Waals surface area contributed by atoms with Crippen LogP contribution < -0.4 is 5.73 Å². The van der Waals surface area contributed by atoms with Gasteiger partial charge in [-0.25, -0.2) is 9.69 Å². The van der Waals surface area contributed by atoms with E-state index in [4.69, 9.17) is 20.3 Å². The van der Waals surface area contributed by atoms with E-state index in [1.807, 2.05) is 0 Å². The molecule has 0 bridgehead atoms. The summed E-state index contributed by atoms with van der Waals surface area (Å²) in [6.45, 7) is 0.855. The minimum atomic E-state index is -4.35. The number of hydrogen-bond donors (Lipinski definition) is 3. The number of carbonyl (C=O) groups is 2. The van der Waals surface area contributed by atoms with E-state index < -0.39 is 38.3 Å². The second-order valence-electron chi connectivity index (χ2n) is 4.71. The van der Waals surface area contributed by atoms with Crippen molar-refractivity contribution < 1.29 is 28.7 Å². The smallest absolute Gasteiger partial charge is 0.416 e. The quantitative estimate of drug-likeness (QED) is 0.654. The molecule has 0 spiro atoms. The normalized spacial score (nSPS) is 12.5. The molecule has 4 N–H and O–H groups in total. The maximum Gasteiger partial charge on any atom is 0.416 e. The van der Waals surface area contributed by atoms with Crippen molar-refractivity contribution in [2.24, 2.45) is 5.73 Å². The maximum absolute atomic E-state index is 12.0. The predicted molar refractivity (Wildman–Crippen MR) is 78.9 cm³/mol. The van der Waals surface area contributed by atoms with Gasteiger partial charge in [0.2, 0.25) is 5.91 Å². The monoisotopic (exact) mass is 330 g/mol. The lowest BCUT2D eigenvalue weighted by atomic mass is 10.2. The third-order valence-electron chi connectivity index (χ3n) is 2.70. The van der Waals surface area contributed by atoms with Gasteiger partial charge in [-0.3, -0.25) is 9.36 Å². The number of nitrogens with zero attached hydrogens (tertiary/aromatic N) is 1. The molecule has 1 aromatic rings. The molecule has 1 rings (SSSR count). The Morgan fingerprint density at radius 3 is 2.41 bits per heavy atom. The fraction of sp³-hybridized carbons (Fsp3) is 0.385. The van der Waals surface area contributed by atoms with E-state index in [-0.39, 0.29) is 6.61 Å². The first-order chi connectivity index (χ1) is 10.2. The van der Waals surface area contributed by atoms with Gasteiger partial charge in [-0.2, -0.15) is 0 Å². The van der Waals surface area contributed by atoms with Gasteiger partial charge in [-0.1, -0.05) is 30.3 Å². The Balaban J connectivity index is 2.70. The highest BCUT2D eigenvalue weighted by Gasteiger charge is 2.28. The molecule has 8 nitrogen and oxygen atoms in total. The molecule has 1 aromatic carbocycles. The van der Waals surface area contributed by atoms with Gasteiger partial charge in [0.1, 0.15) is 6.61 Å². The Bertz CT molecular complexity index is 557. The fourth-order valence-electron chi connectivity index (χ4n) is 1.56. The Kier molecular flexibility index (Phi) is 6.70. The zero-order valence-electron chi connectivity index (χ0n) is 12.1. The van der Waals surface area contributed by atoms with Crippen LogP contribution in [0.4, 0.5) is 4.79 Å². The van der Waals surface area contributed by atoms with E-state index in [1.165, 1.54) is 6.92 Å². The van der Waals surface area contributed by atoms with Gasteiger partial charge < -0.3 is 20.3 Å². The number of hydrogen-bond acceptors (Lipinski definition) is 5. The van der Waals surface area contributed by atoms with Gasteiger partial charge in [0.05, 0.1) is 12.2 Å². The van der Waals surface area contributed by atoms with Crippen LogP contribution in [0.25, 0.3) is 0 Å². The molecule has 22 heavy (non-hydrogen) atoms. The number of carbonyl (C=O) groups excluding carboxylic acids is 2. The first-order valence-corrected chi connectivity index (χ1v) is 8.32. The lowest BCUT2D eigenvalue weighted by Gasteiger charge is -2.22. The summed E-state index contributed by atoms with van der Waals surface area (Å²) in [5.74, 6) is -0.758. The van der Waals surface area contributed by atoms with Crippen LogP contribution in [0.3, 0.4) is 0 Å². The summed E-state index contributed by atoms with van der Waals surface area (Å²) in [6, 6.07) is 7.82. The van der Waals surface area contributed by atoms with Gasteiger partial charge in [0, 0.05) is 6.54 Å². The highest BCUT2D eigenvalue weighted by molar-refractivity contribution is 7.51. The largest absolute Gasteiger partial charge is 0.444 e. The molecule has 0 aliphatic heterocycles. The van der Waals surface area contributed by atoms with Crippen molar-refractivity contribution in [3.8, 4) is 0 Å². The summed E-state index contributed by atoms with van der Waals surface area (Å²) in [4.78, 5) is 42.2. The van der Waals surface area contributed by atoms with Crippen LogP contribution in [0, 0.1) is 0 Å². The van der Waals surface area contributed by atoms with E-state index in [0.717, 1.165) is 5.56 Å². The molecule has 1 atom stereocenters. The zero-order valence-corrected chi connectivity index (χ0v) is 13.0. The van der Waals surface area contributed by atoms with Crippen molar-refractivity contribution in [2.75, 3.05) is 12.7 Å². The average molecular weight is 330 g/mol. The Morgan fingerprint density at radius 2 is 1.91 bits per heavy atom. The topological polar surface area (TPSA) is 130 Å². The van der Waals surface area contributed by atoms with E-state index >= 15 is 0 Å². The Labute approximate surface area is 128 Å². The lowest BCUT2D eigenvalue weighted by molar-refractivity contribution is -0.130. The predicted octanol–water partition coefficient (Wildman–Crippen LogP) is 0.677. The number of benzene rings is 1. The van der Waals surface area contributed by atoms with Crippen LogP contribution >= 0.6 is 7.60 Å². The molecule has 0 aliphatic rings. The standard InChI is InChI=1S/C13H19N2O6P/c1-10(14)12(16)15(7-8-22(18,19)20)13(17)21-9-11-5-3-2-4-6-11/h2-6,10H,7-9,14H2,1H3,(H2,18,19,20)/t10-/m0/s1. The van der Waals surface area contributed by atoms with Crippen LogP contribution in [0.1, 0.15) is 12.5 Å². The summed E-state index contributed by atoms with van der Waals surface area (Å²) < 4.78 is 15.9. The maximum atomic E-state index is 12.0. The third kappa shape index (κ3) is 6.36. The van der Waals surface area contributed by atoms with E-state index in [9.17, 15) is 14.2 Å². The van der Waals surface area contributed by atoms with Crippen LogP contribution in [0.2, 0.25) is 0 Å². The van der Waals surface area contributed by atoms with Crippen LogP contribution in [0.15, 0.2) is 30.3 Å². The van der Waals surface area contributed by atoms with Crippen molar-refractivity contribution in [2.45, 2.75) is 19.6 Å². The Morgan fingerprint density at radius 1 is 1.32 bits per heavy atom. The number of amides is 2. The van der Waals surface area contributed by atoms with Gasteiger partial charge in [-0.15, -0.1) is 0 Å². The third-order valence-corrected chi connectivity index (χ3v) is 3.48. The SMILES string of the molecule is C[C@H](N)C(=O)N(CCP(=O)(O)O)C(=O)OCc1ccccc1. The van der Waals surface area contributed by atoms with Gasteiger partial charge in [0.15, 0.2) is 0 Å². The van der Waals surface area contributed by atoms with E-state index in [1.54, 1.807) is 30.3 Å². The first kappa shape index (κ1) is 18.3. The van der Waals surface area contributed by atoms with Crippen LogP contribution in [-0.4, -0.2) is 45.4 Å². The molecule has 0 unspecified atom stereocenters. The van der Waals surface area contributed by atoms with E-state index in [0.29, 0.717) is 4.90 Å². The summed E-state index contributed by atoms with van der Waals surface area (Å²) in [5.41, 5.74) is 6.15. The van der Waals surface area contributed by atoms with E-state index in [2.05, 4.69) is 0 Å². The summed E-state index contributed by atoms with van der Waals surface area (Å²) in [6.07, 6.45) is -1.63. The first-order valence-electron chi connectivity index (χ1n) is 6.53. The van der Waals surface area contributed by atoms with Crippen LogP contribution in [-0.2, 0) is 20.7 Å². The zero-order chi connectivity index (χ0) is 16.8. The Hall–Kier alpha value is -1.73. The van der Waals surface area contributed by atoms with Gasteiger partial charge >= 0.3 is 13.7 Å². The number of nitrogens with two attached hydrogens (primary N) is 1. The fourth-order valence-corrected chi connectivity index (χ4v) is 2.03. The number of ether oxygens (including phenoxy) is 1. The second kappa shape index (κ2) is 8.05. The molecule has 0 saturated carbocycles. The summed E-state index contributed by atoms with van der Waals surface area (Å²) in [5, 5.41) is 0. The molecule has 0 saturated heterocycles. The molecule has 122 valence electrons. The molecular weight excluding hydrogens is 311 g/mol. The van der Waals surface area contributed by atoms with Gasteiger partial charge in [0.25, 0.3) is 0 Å². The summed E-state index contributed by atoms with van der Waals surface area (Å²) in [7, 11) is -4.35. The van der Waals surface area contributed by atoms with Gasteiger partial charge in [-0.05, 0) is 12.5 Å². The lowest BCUT2D eigenvalue weighted by Crippen LogP contribution is -2.46. The van der Waals surface area contributed by atoms with Crippen LogP contribution in [0.5, 0.6) is 0 Å². The number of imide groups is 1. The minimum absolute atomic E-state index is 0.0572. The number of rotatable bonds is 6. The van der Waals surface area contributed by atoms with Crippen molar-refractivity contribution >= 4 is 19.6 Å². The average Bonchev–Trinajstić information content (AvgIpc) is 2.44. The molecule has 9 heteroatoms. The molecule has 0 aliphatic carbocycles. The van der Waals surface area contributed by atoms with Crippen molar-refractivity contribution in [1.82, 2.24) is 4.90 Å². The van der Waals surface area contributed by atoms with Crippen molar-refractivity contribution in [1.29, 1.82) is 0 Å². The summed E-state index contributed by atoms with van der Waals surface area (Å²) >= 11 is 0. The molecular formula is C13H19N2O6P. The molecule has 0 radical (unpaired) electrons. The molecule has 0 aromatic heterocycles. The molecule has 0 heterocycles. The highest BCUT2D eigenvalue weighted by atomic mass is 31.2. The highest BCUT2D eigenvalue weighted by Crippen LogP contribution is 2.33. The second-order valence-corrected chi connectivity index (χ2v) is 6.48.